The molecule has 0 radical (unpaired) electrons. The van der Waals surface area contributed by atoms with E-state index < -0.39 is 0 Å². The first-order chi connectivity index (χ1) is 8.22. The van der Waals surface area contributed by atoms with Gasteiger partial charge in [-0.05, 0) is 31.1 Å². The molecule has 4 atom stereocenters. The summed E-state index contributed by atoms with van der Waals surface area (Å²) in [5.74, 6) is 4.00. The lowest BCUT2D eigenvalue weighted by Gasteiger charge is -2.31. The summed E-state index contributed by atoms with van der Waals surface area (Å²) in [5.41, 5.74) is 0. The molecule has 0 aromatic rings. The third-order valence-electron chi connectivity index (χ3n) is 5.65. The lowest BCUT2D eigenvalue weighted by molar-refractivity contribution is -0.901. The van der Waals surface area contributed by atoms with Crippen LogP contribution < -0.4 is 24.0 Å². The highest BCUT2D eigenvalue weighted by Crippen LogP contribution is 2.52. The standard InChI is InChI=1S/C16H28N.HI/c1-3-4-5-6-9-17(2)11-15-13-7-8-14(10-13)16(15)12-17;/h7-8,13-16H,3-6,9-12H2,1-2H3;1H/q+1;/p-1. The Morgan fingerprint density at radius 1 is 1.00 bits per heavy atom. The Bertz CT molecular complexity index is 292. The van der Waals surface area contributed by atoms with Crippen molar-refractivity contribution >= 4 is 0 Å². The molecule has 1 nitrogen and oxygen atoms in total. The van der Waals surface area contributed by atoms with Crippen LogP contribution in [0.25, 0.3) is 0 Å². The Hall–Kier alpha value is 0.430. The van der Waals surface area contributed by atoms with Crippen LogP contribution in [-0.4, -0.2) is 31.2 Å². The van der Waals surface area contributed by atoms with Crippen molar-refractivity contribution in [2.75, 3.05) is 26.7 Å². The van der Waals surface area contributed by atoms with E-state index in [1.165, 1.54) is 56.2 Å². The monoisotopic (exact) mass is 361 g/mol. The Kier molecular flexibility index (Phi) is 4.80. The summed E-state index contributed by atoms with van der Waals surface area (Å²) in [5, 5.41) is 0. The van der Waals surface area contributed by atoms with Gasteiger partial charge in [-0.25, -0.2) is 0 Å². The van der Waals surface area contributed by atoms with Crippen LogP contribution in [0.5, 0.6) is 0 Å². The minimum atomic E-state index is 0. The molecule has 2 fully saturated rings. The number of allylic oxidation sites excluding steroid dienone is 2. The van der Waals surface area contributed by atoms with Crippen molar-refractivity contribution in [2.24, 2.45) is 23.7 Å². The van der Waals surface area contributed by atoms with Crippen LogP contribution in [0.4, 0.5) is 0 Å². The van der Waals surface area contributed by atoms with Crippen molar-refractivity contribution < 1.29 is 28.5 Å². The molecule has 2 heteroatoms. The van der Waals surface area contributed by atoms with Gasteiger partial charge in [0.25, 0.3) is 0 Å². The normalized spacial score (nSPS) is 44.1. The maximum atomic E-state index is 2.53. The molecule has 1 heterocycles. The van der Waals surface area contributed by atoms with E-state index in [9.17, 15) is 0 Å². The van der Waals surface area contributed by atoms with E-state index >= 15 is 0 Å². The van der Waals surface area contributed by atoms with Gasteiger partial charge in [-0.15, -0.1) is 0 Å². The zero-order valence-corrected chi connectivity index (χ0v) is 14.1. The fourth-order valence-corrected chi connectivity index (χ4v) is 4.76. The molecule has 0 N–H and O–H groups in total. The number of rotatable bonds is 5. The summed E-state index contributed by atoms with van der Waals surface area (Å²) >= 11 is 0. The first-order valence-electron chi connectivity index (χ1n) is 7.74. The van der Waals surface area contributed by atoms with E-state index in [2.05, 4.69) is 26.1 Å². The molecule has 4 unspecified atom stereocenters. The van der Waals surface area contributed by atoms with E-state index in [1.54, 1.807) is 0 Å². The fourth-order valence-electron chi connectivity index (χ4n) is 4.76. The SMILES string of the molecule is CCCCCC[N+]1(C)CC2C3C=CC(C3)C2C1.[I-]. The van der Waals surface area contributed by atoms with Gasteiger partial charge in [0.05, 0.1) is 26.7 Å². The fraction of sp³-hybridized carbons (Fsp3) is 0.875. The van der Waals surface area contributed by atoms with E-state index in [0.29, 0.717) is 0 Å². The van der Waals surface area contributed by atoms with Crippen LogP contribution in [0.2, 0.25) is 0 Å². The highest BCUT2D eigenvalue weighted by molar-refractivity contribution is 5.14. The molecule has 104 valence electrons. The van der Waals surface area contributed by atoms with E-state index in [1.807, 2.05) is 0 Å². The molecule has 1 saturated heterocycles. The summed E-state index contributed by atoms with van der Waals surface area (Å²) in [6.45, 7) is 6.69. The van der Waals surface area contributed by atoms with Gasteiger partial charge in [0.2, 0.25) is 0 Å². The maximum Gasteiger partial charge on any atom is 0.0824 e. The van der Waals surface area contributed by atoms with Gasteiger partial charge in [0.1, 0.15) is 0 Å². The average molecular weight is 361 g/mol. The third kappa shape index (κ3) is 2.65. The molecule has 0 aromatic heterocycles. The first kappa shape index (κ1) is 14.8. The minimum absolute atomic E-state index is 0. The van der Waals surface area contributed by atoms with Gasteiger partial charge in [-0.2, -0.15) is 0 Å². The second-order valence-electron chi connectivity index (χ2n) is 7.04. The van der Waals surface area contributed by atoms with Crippen molar-refractivity contribution in [3.8, 4) is 0 Å². The molecule has 0 aromatic carbocycles. The maximum absolute atomic E-state index is 2.53. The molecule has 18 heavy (non-hydrogen) atoms. The Balaban J connectivity index is 0.00000120. The smallest absolute Gasteiger partial charge is 0.0824 e. The Morgan fingerprint density at radius 3 is 2.17 bits per heavy atom. The Labute approximate surface area is 130 Å². The molecule has 2 aliphatic carbocycles. The second kappa shape index (κ2) is 5.82. The number of quaternary nitrogens is 1. The summed E-state index contributed by atoms with van der Waals surface area (Å²) in [6.07, 6.45) is 12.2. The van der Waals surface area contributed by atoms with Crippen LogP contribution >= 0.6 is 0 Å². The van der Waals surface area contributed by atoms with Gasteiger partial charge in [0.15, 0.2) is 0 Å². The number of nitrogens with zero attached hydrogens (tertiary/aromatic N) is 1. The Morgan fingerprint density at radius 2 is 1.61 bits per heavy atom. The zero-order chi connectivity index (χ0) is 11.9. The average Bonchev–Trinajstić information content (AvgIpc) is 2.95. The lowest BCUT2D eigenvalue weighted by atomic mass is 9.86. The molecular formula is C16H28IN. The van der Waals surface area contributed by atoms with Crippen LogP contribution in [0.1, 0.15) is 39.0 Å². The van der Waals surface area contributed by atoms with Crippen LogP contribution in [0, 0.1) is 23.7 Å². The van der Waals surface area contributed by atoms with Crippen LogP contribution in [0.3, 0.4) is 0 Å². The largest absolute Gasteiger partial charge is 1.00 e. The van der Waals surface area contributed by atoms with E-state index in [0.717, 1.165) is 23.7 Å². The first-order valence-corrected chi connectivity index (χ1v) is 7.74. The predicted molar refractivity (Wildman–Crippen MR) is 72.6 cm³/mol. The molecule has 3 rings (SSSR count). The van der Waals surface area contributed by atoms with Crippen molar-refractivity contribution in [2.45, 2.75) is 39.0 Å². The molecule has 1 saturated carbocycles. The number of halogens is 1. The van der Waals surface area contributed by atoms with E-state index in [-0.39, 0.29) is 24.0 Å². The molecule has 3 aliphatic rings. The summed E-state index contributed by atoms with van der Waals surface area (Å²) in [4.78, 5) is 0. The quantitative estimate of drug-likeness (QED) is 0.289. The van der Waals surface area contributed by atoms with Gasteiger partial charge in [-0.3, -0.25) is 0 Å². The van der Waals surface area contributed by atoms with Crippen LogP contribution in [0.15, 0.2) is 12.2 Å². The molecule has 2 bridgehead atoms. The third-order valence-corrected chi connectivity index (χ3v) is 5.65. The topological polar surface area (TPSA) is 0 Å². The van der Waals surface area contributed by atoms with Gasteiger partial charge in [0, 0.05) is 11.8 Å². The van der Waals surface area contributed by atoms with Crippen molar-refractivity contribution in [3.63, 3.8) is 0 Å². The number of fused-ring (bicyclic) bond motifs is 5. The number of likely N-dealkylation sites (tertiary alicyclic amines) is 1. The number of unbranched alkanes of at least 4 members (excludes halogenated alkanes) is 3. The van der Waals surface area contributed by atoms with Gasteiger partial charge >= 0.3 is 0 Å². The van der Waals surface area contributed by atoms with Crippen molar-refractivity contribution in [1.82, 2.24) is 0 Å². The summed E-state index contributed by atoms with van der Waals surface area (Å²) in [7, 11) is 2.52. The zero-order valence-electron chi connectivity index (χ0n) is 11.9. The second-order valence-corrected chi connectivity index (χ2v) is 7.04. The predicted octanol–water partition coefficient (Wildman–Crippen LogP) is 0.469. The van der Waals surface area contributed by atoms with Gasteiger partial charge < -0.3 is 28.5 Å². The molecular weight excluding hydrogens is 333 g/mol. The highest BCUT2D eigenvalue weighted by Gasteiger charge is 2.54. The van der Waals surface area contributed by atoms with Crippen molar-refractivity contribution in [1.29, 1.82) is 0 Å². The van der Waals surface area contributed by atoms with Gasteiger partial charge in [-0.1, -0.05) is 31.9 Å². The lowest BCUT2D eigenvalue weighted by Crippen LogP contribution is -3.00. The van der Waals surface area contributed by atoms with E-state index in [4.69, 9.17) is 0 Å². The minimum Gasteiger partial charge on any atom is -1.00 e. The molecule has 0 spiro atoms. The molecule has 1 aliphatic heterocycles. The summed E-state index contributed by atoms with van der Waals surface area (Å²) < 4.78 is 1.38. The molecule has 0 amide bonds. The van der Waals surface area contributed by atoms with Crippen LogP contribution in [-0.2, 0) is 0 Å². The number of hydrogen-bond acceptors (Lipinski definition) is 0. The number of hydrogen-bond donors (Lipinski definition) is 0. The highest BCUT2D eigenvalue weighted by atomic mass is 127. The summed E-state index contributed by atoms with van der Waals surface area (Å²) in [6, 6.07) is 0. The van der Waals surface area contributed by atoms with Crippen molar-refractivity contribution in [3.05, 3.63) is 12.2 Å².